The van der Waals surface area contributed by atoms with Crippen molar-refractivity contribution < 1.29 is 40.7 Å². The average molecular weight is 555 g/mol. The number of fused-ring (bicyclic) bond motifs is 2. The first kappa shape index (κ1) is 28.5. The predicted molar refractivity (Wildman–Crippen MR) is 132 cm³/mol. The molecular formula is C28H28F6N2O3. The molecule has 4 atom stereocenters. The lowest BCUT2D eigenvalue weighted by molar-refractivity contribution is -0.140. The van der Waals surface area contributed by atoms with Crippen LogP contribution in [0.3, 0.4) is 0 Å². The number of carbonyl (C=O) groups is 2. The van der Waals surface area contributed by atoms with Crippen LogP contribution in [-0.4, -0.2) is 25.0 Å². The quantitative estimate of drug-likeness (QED) is 0.218. The highest BCUT2D eigenvalue weighted by atomic mass is 19.4. The van der Waals surface area contributed by atoms with E-state index in [2.05, 4.69) is 16.7 Å². The Labute approximate surface area is 221 Å². The van der Waals surface area contributed by atoms with Crippen molar-refractivity contribution in [2.45, 2.75) is 51.2 Å². The summed E-state index contributed by atoms with van der Waals surface area (Å²) in [5, 5.41) is 5.24. The third-order valence-electron chi connectivity index (χ3n) is 7.46. The summed E-state index contributed by atoms with van der Waals surface area (Å²) in [6, 6.07) is 2.89. The number of nitrogens with one attached hydrogen (secondary N) is 2. The lowest BCUT2D eigenvalue weighted by atomic mass is 9.83. The number of halogens is 6. The molecule has 39 heavy (non-hydrogen) atoms. The summed E-state index contributed by atoms with van der Waals surface area (Å²) in [5.74, 6) is -6.86. The zero-order valence-electron chi connectivity index (χ0n) is 21.3. The Balaban J connectivity index is 1.65. The molecule has 4 rings (SSSR count). The molecule has 0 heterocycles. The van der Waals surface area contributed by atoms with Gasteiger partial charge in [-0.2, -0.15) is 13.2 Å². The van der Waals surface area contributed by atoms with Crippen LogP contribution in [0.5, 0.6) is 5.75 Å². The zero-order valence-corrected chi connectivity index (χ0v) is 21.3. The van der Waals surface area contributed by atoms with Gasteiger partial charge in [0.25, 0.3) is 5.91 Å². The maximum absolute atomic E-state index is 14.0. The highest BCUT2D eigenvalue weighted by Gasteiger charge is 2.54. The van der Waals surface area contributed by atoms with E-state index in [4.69, 9.17) is 4.74 Å². The number of allylic oxidation sites excluding steroid dienone is 1. The van der Waals surface area contributed by atoms with E-state index in [9.17, 15) is 35.9 Å². The number of anilines is 1. The molecule has 2 fully saturated rings. The lowest BCUT2D eigenvalue weighted by Gasteiger charge is -2.30. The van der Waals surface area contributed by atoms with Crippen LogP contribution in [0.4, 0.5) is 32.0 Å². The van der Waals surface area contributed by atoms with Crippen molar-refractivity contribution in [3.05, 3.63) is 70.6 Å². The second kappa shape index (κ2) is 11.3. The second-order valence-electron chi connectivity index (χ2n) is 9.81. The van der Waals surface area contributed by atoms with Gasteiger partial charge in [-0.3, -0.25) is 9.59 Å². The van der Waals surface area contributed by atoms with Gasteiger partial charge in [-0.25, -0.2) is 13.2 Å². The van der Waals surface area contributed by atoms with E-state index in [1.807, 2.05) is 6.92 Å². The van der Waals surface area contributed by atoms with Gasteiger partial charge in [0.2, 0.25) is 5.91 Å². The number of hydrogen-bond donors (Lipinski definition) is 2. The van der Waals surface area contributed by atoms with Crippen LogP contribution in [0.15, 0.2) is 42.0 Å². The molecule has 0 saturated heterocycles. The number of methoxy groups -OCH3 is 1. The molecule has 210 valence electrons. The molecular weight excluding hydrogens is 526 g/mol. The minimum absolute atomic E-state index is 0.194. The molecule has 11 heteroatoms. The third kappa shape index (κ3) is 5.77. The van der Waals surface area contributed by atoms with E-state index in [1.165, 1.54) is 7.11 Å². The molecule has 2 aliphatic rings. The summed E-state index contributed by atoms with van der Waals surface area (Å²) >= 11 is 0. The number of rotatable bonds is 8. The van der Waals surface area contributed by atoms with Gasteiger partial charge in [-0.05, 0) is 49.4 Å². The predicted octanol–water partition coefficient (Wildman–Crippen LogP) is 6.64. The largest absolute Gasteiger partial charge is 0.496 e. The van der Waals surface area contributed by atoms with Gasteiger partial charge in [-0.1, -0.05) is 31.4 Å². The molecule has 0 aliphatic heterocycles. The topological polar surface area (TPSA) is 67.4 Å². The maximum atomic E-state index is 14.0. The SMILES string of the molecule is CCCCC=C1C2CCC1[C@H](C(=O)Nc1ccc(F)c(C(F)(F)F)c1)[C@@H]2NC(=O)c1cc(F)c(F)cc1OC. The van der Waals surface area contributed by atoms with Crippen molar-refractivity contribution in [2.24, 2.45) is 17.8 Å². The number of alkyl halides is 3. The van der Waals surface area contributed by atoms with Gasteiger partial charge in [0, 0.05) is 23.7 Å². The molecule has 2 aliphatic carbocycles. The Morgan fingerprint density at radius 2 is 1.72 bits per heavy atom. The monoisotopic (exact) mass is 554 g/mol. The fourth-order valence-electron chi connectivity index (χ4n) is 5.70. The number of hydrogen-bond acceptors (Lipinski definition) is 3. The summed E-state index contributed by atoms with van der Waals surface area (Å²) in [7, 11) is 1.20. The lowest BCUT2D eigenvalue weighted by Crippen LogP contribution is -2.48. The summed E-state index contributed by atoms with van der Waals surface area (Å²) in [4.78, 5) is 26.7. The van der Waals surface area contributed by atoms with Crippen LogP contribution in [0.1, 0.15) is 54.9 Å². The van der Waals surface area contributed by atoms with E-state index in [0.29, 0.717) is 31.0 Å². The Bertz CT molecular complexity index is 1290. The highest BCUT2D eigenvalue weighted by molar-refractivity contribution is 5.99. The van der Waals surface area contributed by atoms with Crippen LogP contribution in [-0.2, 0) is 11.0 Å². The Morgan fingerprint density at radius 1 is 1.03 bits per heavy atom. The molecule has 0 radical (unpaired) electrons. The first-order chi connectivity index (χ1) is 18.5. The standard InChI is InChI=1S/C28H28F6N2O3/c1-3-4-5-6-15-16-8-9-17(15)25(36-26(37)18-12-21(30)22(31)13-23(18)39-2)24(16)27(38)35-14-7-10-20(29)19(11-14)28(32,33)34/h6-7,10-13,16-17,24-25H,3-5,8-9H2,1-2H3,(H,35,38)(H,36,37)/t16?,17?,24-,25+/m0/s1. The smallest absolute Gasteiger partial charge is 0.419 e. The van der Waals surface area contributed by atoms with Crippen LogP contribution >= 0.6 is 0 Å². The number of ether oxygens (including phenoxy) is 1. The first-order valence-electron chi connectivity index (χ1n) is 12.7. The van der Waals surface area contributed by atoms with E-state index in [1.54, 1.807) is 0 Å². The van der Waals surface area contributed by atoms with Crippen molar-refractivity contribution in [3.8, 4) is 5.75 Å². The third-order valence-corrected chi connectivity index (χ3v) is 7.46. The van der Waals surface area contributed by atoms with Gasteiger partial charge in [0.1, 0.15) is 11.6 Å². The molecule has 2 N–H and O–H groups in total. The van der Waals surface area contributed by atoms with Crippen molar-refractivity contribution in [2.75, 3.05) is 12.4 Å². The van der Waals surface area contributed by atoms with E-state index < -0.39 is 53.0 Å². The van der Waals surface area contributed by atoms with Crippen LogP contribution in [0.2, 0.25) is 0 Å². The summed E-state index contributed by atoms with van der Waals surface area (Å²) < 4.78 is 86.1. The minimum atomic E-state index is -4.95. The van der Waals surface area contributed by atoms with E-state index in [-0.39, 0.29) is 28.8 Å². The van der Waals surface area contributed by atoms with Crippen LogP contribution in [0.25, 0.3) is 0 Å². The van der Waals surface area contributed by atoms with Gasteiger partial charge >= 0.3 is 6.18 Å². The molecule has 0 spiro atoms. The fourth-order valence-corrected chi connectivity index (χ4v) is 5.70. The molecule has 0 aromatic heterocycles. The molecule has 2 amide bonds. The Kier molecular flexibility index (Phi) is 8.27. The second-order valence-corrected chi connectivity index (χ2v) is 9.81. The van der Waals surface area contributed by atoms with Crippen LogP contribution < -0.4 is 15.4 Å². The Morgan fingerprint density at radius 3 is 2.38 bits per heavy atom. The number of benzene rings is 2. The number of unbranched alkanes of at least 4 members (excludes halogenated alkanes) is 2. The van der Waals surface area contributed by atoms with Crippen LogP contribution in [0, 0.1) is 35.2 Å². The van der Waals surface area contributed by atoms with Gasteiger partial charge in [-0.15, -0.1) is 0 Å². The summed E-state index contributed by atoms with van der Waals surface area (Å²) in [6.07, 6.45) is 1.03. The molecule has 2 bridgehead atoms. The van der Waals surface area contributed by atoms with Crippen molar-refractivity contribution >= 4 is 17.5 Å². The van der Waals surface area contributed by atoms with E-state index in [0.717, 1.165) is 37.0 Å². The van der Waals surface area contributed by atoms with Crippen molar-refractivity contribution in [1.29, 1.82) is 0 Å². The fraction of sp³-hybridized carbons (Fsp3) is 0.429. The minimum Gasteiger partial charge on any atom is -0.496 e. The number of amides is 2. The Hall–Kier alpha value is -3.50. The van der Waals surface area contributed by atoms with Gasteiger partial charge in [0.05, 0.1) is 24.2 Å². The van der Waals surface area contributed by atoms with E-state index >= 15 is 0 Å². The van der Waals surface area contributed by atoms with Crippen molar-refractivity contribution in [1.82, 2.24) is 5.32 Å². The zero-order chi connectivity index (χ0) is 28.5. The summed E-state index contributed by atoms with van der Waals surface area (Å²) in [5.41, 5.74) is -1.02. The molecule has 2 aromatic rings. The van der Waals surface area contributed by atoms with Gasteiger partial charge in [0.15, 0.2) is 11.6 Å². The molecule has 5 nitrogen and oxygen atoms in total. The van der Waals surface area contributed by atoms with Gasteiger partial charge < -0.3 is 15.4 Å². The average Bonchev–Trinajstić information content (AvgIpc) is 3.40. The summed E-state index contributed by atoms with van der Waals surface area (Å²) in [6.45, 7) is 2.04. The number of carbonyl (C=O) groups excluding carboxylic acids is 2. The normalized spacial score (nSPS) is 23.2. The molecule has 2 saturated carbocycles. The van der Waals surface area contributed by atoms with Crippen molar-refractivity contribution in [3.63, 3.8) is 0 Å². The highest BCUT2D eigenvalue weighted by Crippen LogP contribution is 2.53. The first-order valence-corrected chi connectivity index (χ1v) is 12.7. The molecule has 2 aromatic carbocycles. The maximum Gasteiger partial charge on any atom is 0.419 e. The molecule has 2 unspecified atom stereocenters.